The van der Waals surface area contributed by atoms with E-state index in [0.29, 0.717) is 29.1 Å². The first-order chi connectivity index (χ1) is 15.4. The number of rotatable bonds is 8. The third-order valence-corrected chi connectivity index (χ3v) is 5.40. The number of hydrogen-bond acceptors (Lipinski definition) is 7. The molecule has 2 aromatic carbocycles. The maximum atomic E-state index is 12.4. The predicted molar refractivity (Wildman–Crippen MR) is 124 cm³/mol. The van der Waals surface area contributed by atoms with E-state index in [2.05, 4.69) is 0 Å². The van der Waals surface area contributed by atoms with Crippen molar-refractivity contribution in [2.45, 2.75) is 51.4 Å². The highest BCUT2D eigenvalue weighted by Crippen LogP contribution is 2.24. The SMILES string of the molecule is CCOC1CCC(OC(=O)c2ccc(/C=C/C(=O)OCc3ccc(N)cc3N)cc2)CC1. The van der Waals surface area contributed by atoms with Crippen LogP contribution in [0.3, 0.4) is 0 Å². The van der Waals surface area contributed by atoms with Gasteiger partial charge in [0, 0.05) is 29.6 Å². The average molecular weight is 439 g/mol. The van der Waals surface area contributed by atoms with E-state index in [1.54, 1.807) is 48.5 Å². The lowest BCUT2D eigenvalue weighted by molar-refractivity contribution is -0.138. The van der Waals surface area contributed by atoms with E-state index < -0.39 is 5.97 Å². The second-order valence-corrected chi connectivity index (χ2v) is 7.78. The van der Waals surface area contributed by atoms with Crippen LogP contribution in [0.1, 0.15) is 54.1 Å². The van der Waals surface area contributed by atoms with Crippen molar-refractivity contribution in [3.8, 4) is 0 Å². The van der Waals surface area contributed by atoms with Gasteiger partial charge in [0.1, 0.15) is 12.7 Å². The van der Waals surface area contributed by atoms with Crippen LogP contribution in [0.2, 0.25) is 0 Å². The highest BCUT2D eigenvalue weighted by atomic mass is 16.5. The minimum Gasteiger partial charge on any atom is -0.459 e. The monoisotopic (exact) mass is 438 g/mol. The van der Waals surface area contributed by atoms with Crippen LogP contribution in [-0.2, 0) is 25.6 Å². The number of esters is 2. The van der Waals surface area contributed by atoms with Gasteiger partial charge in [0.25, 0.3) is 0 Å². The van der Waals surface area contributed by atoms with Crippen LogP contribution in [0.4, 0.5) is 11.4 Å². The Morgan fingerprint density at radius 2 is 1.69 bits per heavy atom. The molecule has 0 amide bonds. The summed E-state index contributed by atoms with van der Waals surface area (Å²) in [6, 6.07) is 11.9. The molecule has 7 nitrogen and oxygen atoms in total. The lowest BCUT2D eigenvalue weighted by Gasteiger charge is -2.28. The topological polar surface area (TPSA) is 114 Å². The molecule has 1 aliphatic carbocycles. The highest BCUT2D eigenvalue weighted by molar-refractivity contribution is 5.90. The van der Waals surface area contributed by atoms with Gasteiger partial charge in [0.2, 0.25) is 0 Å². The van der Waals surface area contributed by atoms with Gasteiger partial charge in [-0.2, -0.15) is 0 Å². The molecule has 0 saturated heterocycles. The number of carbonyl (C=O) groups is 2. The molecule has 0 heterocycles. The van der Waals surface area contributed by atoms with E-state index in [1.165, 1.54) is 6.08 Å². The normalized spacial score (nSPS) is 18.4. The van der Waals surface area contributed by atoms with Gasteiger partial charge in [-0.1, -0.05) is 18.2 Å². The predicted octanol–water partition coefficient (Wildman–Crippen LogP) is 4.11. The molecule has 1 aliphatic rings. The van der Waals surface area contributed by atoms with E-state index in [0.717, 1.165) is 31.2 Å². The van der Waals surface area contributed by atoms with E-state index in [4.69, 9.17) is 25.7 Å². The fraction of sp³-hybridized carbons (Fsp3) is 0.360. The van der Waals surface area contributed by atoms with Gasteiger partial charge in [-0.05, 0) is 68.5 Å². The van der Waals surface area contributed by atoms with Crippen LogP contribution in [0.5, 0.6) is 0 Å². The third kappa shape index (κ3) is 6.85. The summed E-state index contributed by atoms with van der Waals surface area (Å²) in [6.45, 7) is 2.77. The van der Waals surface area contributed by atoms with Crippen LogP contribution < -0.4 is 11.5 Å². The zero-order valence-electron chi connectivity index (χ0n) is 18.3. The van der Waals surface area contributed by atoms with Crippen molar-refractivity contribution < 1.29 is 23.8 Å². The van der Waals surface area contributed by atoms with Crippen molar-refractivity contribution in [3.63, 3.8) is 0 Å². The Bertz CT molecular complexity index is 947. The molecule has 32 heavy (non-hydrogen) atoms. The minimum absolute atomic E-state index is 0.0621. The quantitative estimate of drug-likeness (QED) is 0.362. The highest BCUT2D eigenvalue weighted by Gasteiger charge is 2.24. The smallest absolute Gasteiger partial charge is 0.338 e. The van der Waals surface area contributed by atoms with Gasteiger partial charge < -0.3 is 25.7 Å². The van der Waals surface area contributed by atoms with E-state index in [9.17, 15) is 9.59 Å². The summed E-state index contributed by atoms with van der Waals surface area (Å²) in [7, 11) is 0. The Morgan fingerprint density at radius 3 is 2.34 bits per heavy atom. The molecule has 170 valence electrons. The molecule has 2 aromatic rings. The Morgan fingerprint density at radius 1 is 1.00 bits per heavy atom. The maximum Gasteiger partial charge on any atom is 0.338 e. The second-order valence-electron chi connectivity index (χ2n) is 7.78. The molecule has 0 radical (unpaired) electrons. The summed E-state index contributed by atoms with van der Waals surface area (Å²) in [5.74, 6) is -0.826. The third-order valence-electron chi connectivity index (χ3n) is 5.40. The number of carbonyl (C=O) groups excluding carboxylic acids is 2. The molecular formula is C25H30N2O5. The molecule has 1 fully saturated rings. The van der Waals surface area contributed by atoms with Crippen molar-refractivity contribution in [2.75, 3.05) is 18.1 Å². The van der Waals surface area contributed by atoms with E-state index in [-0.39, 0.29) is 24.8 Å². The van der Waals surface area contributed by atoms with E-state index >= 15 is 0 Å². The summed E-state index contributed by atoms with van der Waals surface area (Å²) in [5.41, 5.74) is 14.5. The number of hydrogen-bond donors (Lipinski definition) is 2. The van der Waals surface area contributed by atoms with Gasteiger partial charge in [-0.25, -0.2) is 9.59 Å². The molecule has 0 unspecified atom stereocenters. The largest absolute Gasteiger partial charge is 0.459 e. The molecule has 7 heteroatoms. The fourth-order valence-corrected chi connectivity index (χ4v) is 3.61. The van der Waals surface area contributed by atoms with Gasteiger partial charge in [0.15, 0.2) is 0 Å². The Kier molecular flexibility index (Phi) is 8.27. The Hall–Kier alpha value is -3.32. The Labute approximate surface area is 188 Å². The lowest BCUT2D eigenvalue weighted by atomic mass is 9.95. The first kappa shape index (κ1) is 23.3. The van der Waals surface area contributed by atoms with Gasteiger partial charge in [-0.15, -0.1) is 0 Å². The van der Waals surface area contributed by atoms with Crippen molar-refractivity contribution in [1.82, 2.24) is 0 Å². The molecule has 0 aliphatic heterocycles. The van der Waals surface area contributed by atoms with Crippen molar-refractivity contribution in [1.29, 1.82) is 0 Å². The standard InChI is InChI=1S/C25H30N2O5/c1-2-30-21-10-12-22(13-11-21)32-25(29)18-6-3-17(4-7-18)5-14-24(28)31-16-19-8-9-20(26)15-23(19)27/h3-9,14-15,21-22H,2,10-13,16,26-27H2,1H3/b14-5+. The molecular weight excluding hydrogens is 408 g/mol. The molecule has 0 bridgehead atoms. The van der Waals surface area contributed by atoms with Crippen LogP contribution >= 0.6 is 0 Å². The minimum atomic E-state index is -0.493. The van der Waals surface area contributed by atoms with Crippen molar-refractivity contribution >= 4 is 29.4 Å². The van der Waals surface area contributed by atoms with Crippen LogP contribution in [-0.4, -0.2) is 30.8 Å². The number of ether oxygens (including phenoxy) is 3. The second kappa shape index (κ2) is 11.3. The van der Waals surface area contributed by atoms with Crippen LogP contribution in [0, 0.1) is 0 Å². The summed E-state index contributed by atoms with van der Waals surface area (Å²) in [5, 5.41) is 0. The molecule has 0 spiro atoms. The summed E-state index contributed by atoms with van der Waals surface area (Å²) >= 11 is 0. The van der Waals surface area contributed by atoms with Crippen LogP contribution in [0.15, 0.2) is 48.5 Å². The van der Waals surface area contributed by atoms with Gasteiger partial charge in [0.05, 0.1) is 11.7 Å². The zero-order chi connectivity index (χ0) is 22.9. The summed E-state index contributed by atoms with van der Waals surface area (Å²) in [4.78, 5) is 24.4. The van der Waals surface area contributed by atoms with Gasteiger partial charge in [-0.3, -0.25) is 0 Å². The zero-order valence-corrected chi connectivity index (χ0v) is 18.3. The molecule has 4 N–H and O–H groups in total. The molecule has 3 rings (SSSR count). The maximum absolute atomic E-state index is 12.4. The molecule has 1 saturated carbocycles. The molecule has 0 atom stereocenters. The Balaban J connectivity index is 1.45. The van der Waals surface area contributed by atoms with Crippen LogP contribution in [0.25, 0.3) is 6.08 Å². The van der Waals surface area contributed by atoms with Crippen molar-refractivity contribution in [3.05, 3.63) is 65.2 Å². The average Bonchev–Trinajstić information content (AvgIpc) is 2.79. The van der Waals surface area contributed by atoms with Crippen molar-refractivity contribution in [2.24, 2.45) is 0 Å². The first-order valence-corrected chi connectivity index (χ1v) is 10.9. The lowest BCUT2D eigenvalue weighted by Crippen LogP contribution is -2.28. The number of anilines is 2. The van der Waals surface area contributed by atoms with Gasteiger partial charge >= 0.3 is 11.9 Å². The fourth-order valence-electron chi connectivity index (χ4n) is 3.61. The van der Waals surface area contributed by atoms with E-state index in [1.807, 2.05) is 6.92 Å². The summed E-state index contributed by atoms with van der Waals surface area (Å²) in [6.07, 6.45) is 6.63. The summed E-state index contributed by atoms with van der Waals surface area (Å²) < 4.78 is 16.5. The number of nitrogens with two attached hydrogens (primary N) is 2. The molecule has 0 aromatic heterocycles. The number of nitrogen functional groups attached to an aromatic ring is 2. The number of benzene rings is 2. The first-order valence-electron chi connectivity index (χ1n) is 10.9.